The molecule has 0 aliphatic rings. The highest BCUT2D eigenvalue weighted by Crippen LogP contribution is 2.30. The van der Waals surface area contributed by atoms with E-state index in [1.807, 2.05) is 0 Å². The van der Waals surface area contributed by atoms with E-state index in [-0.39, 0.29) is 12.8 Å². The lowest BCUT2D eigenvalue weighted by molar-refractivity contribution is -0.193. The molecule has 0 saturated heterocycles. The second-order valence-electron chi connectivity index (χ2n) is 13.1. The molecular formula is C39H70O6. The highest BCUT2D eigenvalue weighted by Gasteiger charge is 2.61. The molecule has 0 aromatic carbocycles. The average molecular weight is 635 g/mol. The van der Waals surface area contributed by atoms with Gasteiger partial charge in [0.2, 0.25) is 5.60 Å². The Labute approximate surface area is 276 Å². The topological polar surface area (TPSA) is 112 Å². The van der Waals surface area contributed by atoms with E-state index in [1.54, 1.807) is 0 Å². The minimum Gasteiger partial charge on any atom is -0.393 e. The molecule has 3 N–H and O–H groups in total. The number of carbonyl (C=O) groups excluding carboxylic acids is 3. The third-order valence-corrected chi connectivity index (χ3v) is 9.06. The van der Waals surface area contributed by atoms with Crippen molar-refractivity contribution < 1.29 is 29.7 Å². The smallest absolute Gasteiger partial charge is 0.219 e. The van der Waals surface area contributed by atoms with Crippen molar-refractivity contribution in [1.29, 1.82) is 0 Å². The van der Waals surface area contributed by atoms with E-state index in [2.05, 4.69) is 38.2 Å². The fourth-order valence-corrected chi connectivity index (χ4v) is 5.91. The number of Topliss-reactive ketones (excluding diaryl/α,β-unsaturated/α-hetero) is 3. The van der Waals surface area contributed by atoms with Gasteiger partial charge in [-0.15, -0.1) is 0 Å². The molecule has 2 atom stereocenters. The molecule has 45 heavy (non-hydrogen) atoms. The van der Waals surface area contributed by atoms with E-state index < -0.39 is 35.2 Å². The molecule has 0 fully saturated rings. The maximum atomic E-state index is 13.0. The average Bonchev–Trinajstić information content (AvgIpc) is 3.03. The number of carbonyl (C=O) groups is 3. The van der Waals surface area contributed by atoms with Gasteiger partial charge in [-0.3, -0.25) is 14.4 Å². The molecule has 6 heteroatoms. The van der Waals surface area contributed by atoms with Crippen LogP contribution in [-0.2, 0) is 14.4 Å². The summed E-state index contributed by atoms with van der Waals surface area (Å²) in [5.74, 6) is -2.75. The Balaban J connectivity index is 4.35. The van der Waals surface area contributed by atoms with Gasteiger partial charge >= 0.3 is 0 Å². The van der Waals surface area contributed by atoms with Crippen LogP contribution in [-0.4, -0.2) is 50.5 Å². The SMILES string of the molecule is CCCCC/C=C\C/C=C\CCCCCCCC(=O)[C@@](O)(C(C)=O)C(O)(CO)C(=O)CCCCCCCCCCCCCCC. The van der Waals surface area contributed by atoms with E-state index >= 15 is 0 Å². The van der Waals surface area contributed by atoms with Gasteiger partial charge in [0.05, 0.1) is 6.61 Å². The summed E-state index contributed by atoms with van der Waals surface area (Å²) < 4.78 is 0. The summed E-state index contributed by atoms with van der Waals surface area (Å²) in [5, 5.41) is 32.1. The molecule has 262 valence electrons. The molecule has 0 heterocycles. The molecule has 0 saturated carbocycles. The first-order valence-corrected chi connectivity index (χ1v) is 18.7. The van der Waals surface area contributed by atoms with Gasteiger partial charge in [0.1, 0.15) is 0 Å². The molecular weight excluding hydrogens is 564 g/mol. The lowest BCUT2D eigenvalue weighted by Gasteiger charge is -2.38. The van der Waals surface area contributed by atoms with Crippen LogP contribution in [0.4, 0.5) is 0 Å². The molecule has 0 spiro atoms. The minimum absolute atomic E-state index is 0.0959. The largest absolute Gasteiger partial charge is 0.393 e. The highest BCUT2D eigenvalue weighted by atomic mass is 16.4. The summed E-state index contributed by atoms with van der Waals surface area (Å²) in [5.41, 5.74) is -5.74. The molecule has 0 rings (SSSR count). The molecule has 0 amide bonds. The second-order valence-corrected chi connectivity index (χ2v) is 13.1. The van der Waals surface area contributed by atoms with Crippen molar-refractivity contribution in [1.82, 2.24) is 0 Å². The Hall–Kier alpha value is -1.63. The van der Waals surface area contributed by atoms with E-state index in [0.717, 1.165) is 77.6 Å². The van der Waals surface area contributed by atoms with Gasteiger partial charge in [-0.1, -0.05) is 147 Å². The fourth-order valence-electron chi connectivity index (χ4n) is 5.91. The quantitative estimate of drug-likeness (QED) is 0.0377. The van der Waals surface area contributed by atoms with Gasteiger partial charge in [0.25, 0.3) is 0 Å². The van der Waals surface area contributed by atoms with Crippen LogP contribution in [0.3, 0.4) is 0 Å². The van der Waals surface area contributed by atoms with Crippen LogP contribution in [0.2, 0.25) is 0 Å². The van der Waals surface area contributed by atoms with E-state index in [4.69, 9.17) is 0 Å². The standard InChI is InChI=1S/C39H70O6/c1-4-6-8-10-12-14-16-18-19-21-23-25-27-29-31-33-37(43)39(45,35(3)41)38(44,34-40)36(42)32-30-28-26-24-22-20-17-15-13-11-9-7-5-2/h12,14,18-19,40,44-45H,4-11,13,15-17,20-34H2,1-3H3/b14-12-,19-18-/t38?,39-/m0/s1. The van der Waals surface area contributed by atoms with Crippen molar-refractivity contribution in [3.63, 3.8) is 0 Å². The van der Waals surface area contributed by atoms with Crippen molar-refractivity contribution in [2.75, 3.05) is 6.61 Å². The first-order valence-electron chi connectivity index (χ1n) is 18.7. The zero-order valence-electron chi connectivity index (χ0n) is 29.5. The van der Waals surface area contributed by atoms with Crippen LogP contribution < -0.4 is 0 Å². The third-order valence-electron chi connectivity index (χ3n) is 9.06. The van der Waals surface area contributed by atoms with Crippen molar-refractivity contribution in [2.24, 2.45) is 0 Å². The van der Waals surface area contributed by atoms with E-state index in [1.165, 1.54) is 70.6 Å². The molecule has 0 aliphatic carbocycles. The van der Waals surface area contributed by atoms with Crippen LogP contribution >= 0.6 is 0 Å². The van der Waals surface area contributed by atoms with E-state index in [0.29, 0.717) is 12.8 Å². The summed E-state index contributed by atoms with van der Waals surface area (Å²) in [6, 6.07) is 0. The third kappa shape index (κ3) is 18.9. The molecule has 0 aliphatic heterocycles. The normalized spacial score (nSPS) is 14.6. The van der Waals surface area contributed by atoms with Gasteiger partial charge < -0.3 is 15.3 Å². The van der Waals surface area contributed by atoms with Crippen LogP contribution in [0.1, 0.15) is 188 Å². The van der Waals surface area contributed by atoms with Gasteiger partial charge in [-0.05, 0) is 51.9 Å². The number of unbranched alkanes of at least 4 members (excludes halogenated alkanes) is 20. The zero-order valence-corrected chi connectivity index (χ0v) is 29.5. The number of hydrogen-bond donors (Lipinski definition) is 3. The van der Waals surface area contributed by atoms with Gasteiger partial charge in [-0.25, -0.2) is 0 Å². The lowest BCUT2D eigenvalue weighted by Crippen LogP contribution is -2.69. The second kappa shape index (κ2) is 28.6. The van der Waals surface area contributed by atoms with Crippen LogP contribution in [0.25, 0.3) is 0 Å². The first-order chi connectivity index (χ1) is 21.7. The Kier molecular flexibility index (Phi) is 27.5. The Bertz CT molecular complexity index is 818. The van der Waals surface area contributed by atoms with Crippen molar-refractivity contribution in [3.8, 4) is 0 Å². The van der Waals surface area contributed by atoms with Crippen LogP contribution in [0.15, 0.2) is 24.3 Å². The van der Waals surface area contributed by atoms with Crippen molar-refractivity contribution in [2.45, 2.75) is 199 Å². The number of aliphatic hydroxyl groups is 3. The molecule has 6 nitrogen and oxygen atoms in total. The predicted molar refractivity (Wildman–Crippen MR) is 187 cm³/mol. The number of hydrogen-bond acceptors (Lipinski definition) is 6. The molecule has 0 aromatic heterocycles. The monoisotopic (exact) mass is 635 g/mol. The Morgan fingerprint density at radius 1 is 0.511 bits per heavy atom. The molecule has 1 unspecified atom stereocenters. The Morgan fingerprint density at radius 3 is 1.29 bits per heavy atom. The number of ketones is 3. The summed E-state index contributed by atoms with van der Waals surface area (Å²) in [7, 11) is 0. The van der Waals surface area contributed by atoms with Gasteiger partial charge in [0.15, 0.2) is 23.0 Å². The lowest BCUT2D eigenvalue weighted by atomic mass is 9.72. The van der Waals surface area contributed by atoms with Gasteiger partial charge in [-0.2, -0.15) is 0 Å². The summed E-state index contributed by atoms with van der Waals surface area (Å²) in [6.07, 6.45) is 34.6. The fraction of sp³-hybridized carbons (Fsp3) is 0.821. The molecule has 0 radical (unpaired) electrons. The first kappa shape index (κ1) is 43.4. The predicted octanol–water partition coefficient (Wildman–Crippen LogP) is 9.46. The van der Waals surface area contributed by atoms with Crippen LogP contribution in [0, 0.1) is 0 Å². The van der Waals surface area contributed by atoms with E-state index in [9.17, 15) is 29.7 Å². The van der Waals surface area contributed by atoms with Crippen molar-refractivity contribution in [3.05, 3.63) is 24.3 Å². The summed E-state index contributed by atoms with van der Waals surface area (Å²) in [4.78, 5) is 38.5. The maximum Gasteiger partial charge on any atom is 0.219 e. The summed E-state index contributed by atoms with van der Waals surface area (Å²) >= 11 is 0. The minimum atomic E-state index is -2.93. The maximum absolute atomic E-state index is 13.0. The molecule has 0 aromatic rings. The molecule has 0 bridgehead atoms. The zero-order chi connectivity index (χ0) is 33.7. The summed E-state index contributed by atoms with van der Waals surface area (Å²) in [6.45, 7) is 4.27. The van der Waals surface area contributed by atoms with Crippen molar-refractivity contribution >= 4 is 17.3 Å². The highest BCUT2D eigenvalue weighted by molar-refractivity contribution is 6.15. The number of rotatable bonds is 33. The Morgan fingerprint density at radius 2 is 0.867 bits per heavy atom. The van der Waals surface area contributed by atoms with Crippen LogP contribution in [0.5, 0.6) is 0 Å². The van der Waals surface area contributed by atoms with Gasteiger partial charge in [0, 0.05) is 12.8 Å². The number of aliphatic hydroxyl groups excluding tert-OH is 1. The number of allylic oxidation sites excluding steroid dienone is 4.